The van der Waals surface area contributed by atoms with Gasteiger partial charge in [0.25, 0.3) is 5.71 Å². The summed E-state index contributed by atoms with van der Waals surface area (Å²) in [4.78, 5) is 30.1. The fraction of sp³-hybridized carbons (Fsp3) is 0.308. The van der Waals surface area contributed by atoms with Crippen molar-refractivity contribution in [2.24, 2.45) is 0 Å². The van der Waals surface area contributed by atoms with Gasteiger partial charge in [-0.3, -0.25) is 9.69 Å². The maximum atomic E-state index is 13.2. The van der Waals surface area contributed by atoms with Gasteiger partial charge in [0.1, 0.15) is 5.82 Å². The predicted octanol–water partition coefficient (Wildman–Crippen LogP) is 3.19. The number of nitrogens with two attached hydrogens (primary N) is 1. The minimum Gasteiger partial charge on any atom is -0.422 e. The number of oxazole rings is 1. The van der Waals surface area contributed by atoms with Crippen molar-refractivity contribution in [2.75, 3.05) is 48.7 Å². The number of piperazine rings is 1. The van der Waals surface area contributed by atoms with Gasteiger partial charge in [-0.25, -0.2) is 9.37 Å². The van der Waals surface area contributed by atoms with Gasteiger partial charge in [0.05, 0.1) is 6.54 Å². The molecule has 0 atom stereocenters. The molecule has 9 nitrogen and oxygen atoms in total. The Kier molecular flexibility index (Phi) is 6.77. The molecule has 1 aliphatic rings. The van der Waals surface area contributed by atoms with E-state index in [1.54, 1.807) is 12.1 Å². The monoisotopic (exact) mass is 489 g/mol. The molecule has 0 aliphatic carbocycles. The molecule has 0 spiro atoms. The van der Waals surface area contributed by atoms with Crippen molar-refractivity contribution in [1.82, 2.24) is 19.9 Å². The number of nitrogen functional groups attached to an aromatic ring is 1. The summed E-state index contributed by atoms with van der Waals surface area (Å²) in [5.41, 5.74) is 9.75. The predicted molar refractivity (Wildman–Crippen MR) is 136 cm³/mol. The molecule has 1 aliphatic heterocycles. The van der Waals surface area contributed by atoms with Crippen LogP contribution < -0.4 is 16.0 Å². The van der Waals surface area contributed by atoms with Crippen LogP contribution in [-0.2, 0) is 17.6 Å². The quantitative estimate of drug-likeness (QED) is 0.407. The summed E-state index contributed by atoms with van der Waals surface area (Å²) >= 11 is 0. The topological polar surface area (TPSA) is 113 Å². The molecule has 186 valence electrons. The number of nitrogens with one attached hydrogen (secondary N) is 1. The number of hydrogen-bond acceptors (Lipinski definition) is 8. The highest BCUT2D eigenvalue weighted by Gasteiger charge is 2.24. The molecule has 1 saturated heterocycles. The standard InChI is InChI=1S/C26H28FN7O2/c1-17-4-2-3-5-20(17)29-21(35)16-33-12-14-34(15-13-33)24-23-25(32-26(28)31-24)36-22(30-23)11-8-18-6-9-19(27)10-7-18/h2-7,9-10H,8,11-16H2,1H3,(H,29,35)(H2,28,31,32). The van der Waals surface area contributed by atoms with E-state index in [0.717, 1.165) is 16.8 Å². The first kappa shape index (κ1) is 23.7. The van der Waals surface area contributed by atoms with Gasteiger partial charge in [-0.2, -0.15) is 9.97 Å². The smallest absolute Gasteiger partial charge is 0.254 e. The van der Waals surface area contributed by atoms with E-state index >= 15 is 0 Å². The number of halogens is 1. The van der Waals surface area contributed by atoms with Crippen LogP contribution in [0.4, 0.5) is 21.8 Å². The van der Waals surface area contributed by atoms with Gasteiger partial charge in [-0.05, 0) is 42.7 Å². The van der Waals surface area contributed by atoms with E-state index in [2.05, 4.69) is 30.1 Å². The number of carbonyl (C=O) groups is 1. The van der Waals surface area contributed by atoms with E-state index in [4.69, 9.17) is 10.2 Å². The fourth-order valence-corrected chi connectivity index (χ4v) is 4.32. The van der Waals surface area contributed by atoms with Gasteiger partial charge in [0.15, 0.2) is 17.2 Å². The minimum absolute atomic E-state index is 0.0336. The Morgan fingerprint density at radius 1 is 1.03 bits per heavy atom. The van der Waals surface area contributed by atoms with Crippen LogP contribution in [0.25, 0.3) is 11.2 Å². The minimum atomic E-state index is -0.261. The number of rotatable bonds is 7. The molecular weight excluding hydrogens is 461 g/mol. The number of aromatic nitrogens is 3. The fourth-order valence-electron chi connectivity index (χ4n) is 4.32. The summed E-state index contributed by atoms with van der Waals surface area (Å²) in [6.07, 6.45) is 1.21. The average Bonchev–Trinajstić information content (AvgIpc) is 3.28. The third-order valence-electron chi connectivity index (χ3n) is 6.30. The molecule has 1 fully saturated rings. The maximum absolute atomic E-state index is 13.2. The molecule has 36 heavy (non-hydrogen) atoms. The molecule has 10 heteroatoms. The second kappa shape index (κ2) is 10.3. The van der Waals surface area contributed by atoms with E-state index < -0.39 is 0 Å². The van der Waals surface area contributed by atoms with Crippen molar-refractivity contribution in [2.45, 2.75) is 19.8 Å². The van der Waals surface area contributed by atoms with Gasteiger partial charge >= 0.3 is 0 Å². The van der Waals surface area contributed by atoms with Crippen LogP contribution in [0.3, 0.4) is 0 Å². The van der Waals surface area contributed by atoms with Crippen molar-refractivity contribution in [3.05, 3.63) is 71.4 Å². The number of anilines is 3. The Morgan fingerprint density at radius 3 is 2.53 bits per heavy atom. The summed E-state index contributed by atoms with van der Waals surface area (Å²) in [5.74, 6) is 0.996. The van der Waals surface area contributed by atoms with Crippen molar-refractivity contribution in [3.8, 4) is 0 Å². The molecule has 0 radical (unpaired) electrons. The molecule has 4 aromatic rings. The summed E-state index contributed by atoms with van der Waals surface area (Å²) < 4.78 is 19.0. The molecule has 3 N–H and O–H groups in total. The van der Waals surface area contributed by atoms with Crippen molar-refractivity contribution in [1.29, 1.82) is 0 Å². The highest BCUT2D eigenvalue weighted by atomic mass is 19.1. The van der Waals surface area contributed by atoms with E-state index in [1.807, 2.05) is 31.2 Å². The molecule has 3 heterocycles. The van der Waals surface area contributed by atoms with E-state index in [0.29, 0.717) is 68.5 Å². The van der Waals surface area contributed by atoms with Crippen LogP contribution in [0.5, 0.6) is 0 Å². The zero-order chi connectivity index (χ0) is 25.1. The highest BCUT2D eigenvalue weighted by molar-refractivity contribution is 5.93. The number of aryl methyl sites for hydroxylation is 3. The van der Waals surface area contributed by atoms with Crippen molar-refractivity contribution < 1.29 is 13.6 Å². The zero-order valence-corrected chi connectivity index (χ0v) is 20.1. The molecule has 1 amide bonds. The largest absolute Gasteiger partial charge is 0.422 e. The lowest BCUT2D eigenvalue weighted by Gasteiger charge is -2.34. The number of nitrogens with zero attached hydrogens (tertiary/aromatic N) is 5. The van der Waals surface area contributed by atoms with Crippen LogP contribution in [0, 0.1) is 12.7 Å². The Labute approximate surface area is 208 Å². The number of fused-ring (bicyclic) bond motifs is 1. The lowest BCUT2D eigenvalue weighted by Crippen LogP contribution is -2.49. The van der Waals surface area contributed by atoms with Crippen LogP contribution >= 0.6 is 0 Å². The van der Waals surface area contributed by atoms with E-state index in [9.17, 15) is 9.18 Å². The second-order valence-electron chi connectivity index (χ2n) is 8.92. The first-order valence-corrected chi connectivity index (χ1v) is 11.9. The van der Waals surface area contributed by atoms with Crippen molar-refractivity contribution in [3.63, 3.8) is 0 Å². The van der Waals surface area contributed by atoms with Gasteiger partial charge in [-0.1, -0.05) is 30.3 Å². The lowest BCUT2D eigenvalue weighted by atomic mass is 10.1. The van der Waals surface area contributed by atoms with E-state index in [-0.39, 0.29) is 17.7 Å². The van der Waals surface area contributed by atoms with Crippen LogP contribution in [-0.4, -0.2) is 58.5 Å². The van der Waals surface area contributed by atoms with Gasteiger partial charge < -0.3 is 20.4 Å². The molecule has 0 bridgehead atoms. The Bertz CT molecular complexity index is 1360. The molecule has 0 saturated carbocycles. The molecule has 2 aromatic heterocycles. The summed E-state index contributed by atoms with van der Waals surface area (Å²) in [6, 6.07) is 14.1. The lowest BCUT2D eigenvalue weighted by molar-refractivity contribution is -0.117. The summed E-state index contributed by atoms with van der Waals surface area (Å²) in [6.45, 7) is 5.02. The Balaban J connectivity index is 1.22. The first-order chi connectivity index (χ1) is 17.4. The number of carbonyl (C=O) groups excluding carboxylic acids is 1. The van der Waals surface area contributed by atoms with Gasteiger partial charge in [0, 0.05) is 38.3 Å². The number of amides is 1. The normalized spacial score (nSPS) is 14.3. The third kappa shape index (κ3) is 5.44. The molecule has 5 rings (SSSR count). The Hall–Kier alpha value is -4.05. The van der Waals surface area contributed by atoms with Crippen LogP contribution in [0.1, 0.15) is 17.0 Å². The number of para-hydroxylation sites is 1. The van der Waals surface area contributed by atoms with Gasteiger partial charge in [0.2, 0.25) is 11.9 Å². The summed E-state index contributed by atoms with van der Waals surface area (Å²) in [7, 11) is 0. The third-order valence-corrected chi connectivity index (χ3v) is 6.30. The van der Waals surface area contributed by atoms with Crippen LogP contribution in [0.2, 0.25) is 0 Å². The maximum Gasteiger partial charge on any atom is 0.254 e. The first-order valence-electron chi connectivity index (χ1n) is 11.9. The highest BCUT2D eigenvalue weighted by Crippen LogP contribution is 2.26. The summed E-state index contributed by atoms with van der Waals surface area (Å²) in [5, 5.41) is 2.99. The second-order valence-corrected chi connectivity index (χ2v) is 8.92. The van der Waals surface area contributed by atoms with E-state index in [1.165, 1.54) is 12.1 Å². The number of hydrogen-bond donors (Lipinski definition) is 2. The SMILES string of the molecule is Cc1ccccc1NC(=O)CN1CCN(c2nc(N)nc3oc(CCc4ccc(F)cc4)nc23)CC1. The van der Waals surface area contributed by atoms with Crippen molar-refractivity contribution >= 4 is 34.6 Å². The van der Waals surface area contributed by atoms with Gasteiger partial charge in [-0.15, -0.1) is 0 Å². The molecule has 2 aromatic carbocycles. The zero-order valence-electron chi connectivity index (χ0n) is 20.1. The molecular formula is C26H28FN7O2. The average molecular weight is 490 g/mol. The number of benzene rings is 2. The Morgan fingerprint density at radius 2 is 1.78 bits per heavy atom. The van der Waals surface area contributed by atoms with Crippen LogP contribution in [0.15, 0.2) is 52.9 Å². The molecule has 0 unspecified atom stereocenters.